The minimum absolute atomic E-state index is 0.0460. The normalized spacial score (nSPS) is 19.1. The molecule has 0 aromatic heterocycles. The summed E-state index contributed by atoms with van der Waals surface area (Å²) in [6.45, 7) is 0.689. The Labute approximate surface area is 237 Å². The molecule has 3 aromatic rings. The third-order valence-electron chi connectivity index (χ3n) is 6.99. The molecule has 2 N–H and O–H groups in total. The molecule has 0 unspecified atom stereocenters. The van der Waals surface area contributed by atoms with Gasteiger partial charge < -0.3 is 4.90 Å². The maximum atomic E-state index is 13.7. The molecule has 1 fully saturated rings. The highest BCUT2D eigenvalue weighted by atomic mass is 35.5. The molecule has 0 amide bonds. The standard InChI is InChI=1S/C27H27ClFN5O4S2/c28-21-8-12-24(13-9-21)40(37,38)32-27(33-16-14-23(15-17-33)39(30,35)36)34-18-25(19-4-2-1-3-5-19)26(31-34)20-6-10-22(29)11-7-20/h1-13,23,25H,14-18H2,(H2,30,35,36)/t25-/m1/s1. The third kappa shape index (κ3) is 6.20. The van der Waals surface area contributed by atoms with Gasteiger partial charge in [-0.2, -0.15) is 13.5 Å². The monoisotopic (exact) mass is 603 g/mol. The number of rotatable bonds is 5. The number of likely N-dealkylation sites (tertiary alicyclic amines) is 1. The average molecular weight is 604 g/mol. The number of piperidine rings is 1. The van der Waals surface area contributed by atoms with Crippen LogP contribution in [0.4, 0.5) is 4.39 Å². The van der Waals surface area contributed by atoms with Crippen molar-refractivity contribution < 1.29 is 21.2 Å². The first-order valence-electron chi connectivity index (χ1n) is 12.6. The van der Waals surface area contributed by atoms with Gasteiger partial charge in [0.1, 0.15) is 5.82 Å². The Morgan fingerprint density at radius 1 is 0.925 bits per heavy atom. The molecule has 1 saturated heterocycles. The van der Waals surface area contributed by atoms with Crippen molar-refractivity contribution in [3.63, 3.8) is 0 Å². The number of nitrogens with two attached hydrogens (primary N) is 1. The highest BCUT2D eigenvalue weighted by Gasteiger charge is 2.37. The molecule has 0 aliphatic carbocycles. The minimum Gasteiger partial charge on any atom is -0.340 e. The van der Waals surface area contributed by atoms with E-state index in [-0.39, 0.29) is 55.1 Å². The molecule has 0 radical (unpaired) electrons. The smallest absolute Gasteiger partial charge is 0.285 e. The van der Waals surface area contributed by atoms with Gasteiger partial charge in [0.2, 0.25) is 16.0 Å². The molecule has 40 heavy (non-hydrogen) atoms. The van der Waals surface area contributed by atoms with E-state index in [9.17, 15) is 21.2 Å². The van der Waals surface area contributed by atoms with E-state index in [1.165, 1.54) is 41.4 Å². The number of nitrogens with zero attached hydrogens (tertiary/aromatic N) is 4. The molecule has 2 aliphatic rings. The molecule has 9 nitrogen and oxygen atoms in total. The second kappa shape index (κ2) is 11.3. The van der Waals surface area contributed by atoms with E-state index < -0.39 is 25.3 Å². The summed E-state index contributed by atoms with van der Waals surface area (Å²) in [5.74, 6) is -0.581. The van der Waals surface area contributed by atoms with Crippen molar-refractivity contribution in [1.82, 2.24) is 9.91 Å². The van der Waals surface area contributed by atoms with Gasteiger partial charge in [0.15, 0.2) is 0 Å². The van der Waals surface area contributed by atoms with E-state index >= 15 is 0 Å². The Hall–Kier alpha value is -3.32. The van der Waals surface area contributed by atoms with Crippen LogP contribution in [0.1, 0.15) is 29.9 Å². The van der Waals surface area contributed by atoms with E-state index in [0.29, 0.717) is 16.3 Å². The molecule has 5 rings (SSSR count). The molecule has 0 spiro atoms. The fourth-order valence-electron chi connectivity index (χ4n) is 4.87. The predicted molar refractivity (Wildman–Crippen MR) is 153 cm³/mol. The quantitative estimate of drug-likeness (QED) is 0.349. The molecular weight excluding hydrogens is 577 g/mol. The number of primary sulfonamides is 1. The topological polar surface area (TPSA) is 126 Å². The fraction of sp³-hybridized carbons (Fsp3) is 0.259. The number of sulfonamides is 2. The van der Waals surface area contributed by atoms with Gasteiger partial charge in [0, 0.05) is 24.0 Å². The van der Waals surface area contributed by atoms with E-state index in [0.717, 1.165) is 5.56 Å². The van der Waals surface area contributed by atoms with Crippen LogP contribution in [0.3, 0.4) is 0 Å². The predicted octanol–water partition coefficient (Wildman–Crippen LogP) is 3.78. The molecule has 3 aromatic carbocycles. The lowest BCUT2D eigenvalue weighted by Gasteiger charge is -2.35. The van der Waals surface area contributed by atoms with Gasteiger partial charge in [-0.15, -0.1) is 4.40 Å². The fourth-order valence-corrected chi connectivity index (χ4v) is 6.88. The number of guanidine groups is 1. The van der Waals surface area contributed by atoms with Crippen LogP contribution in [-0.2, 0) is 20.0 Å². The largest absolute Gasteiger partial charge is 0.340 e. The van der Waals surface area contributed by atoms with Gasteiger partial charge in [-0.25, -0.2) is 23.0 Å². The van der Waals surface area contributed by atoms with Crippen LogP contribution in [-0.4, -0.2) is 63.3 Å². The van der Waals surface area contributed by atoms with Crippen molar-refractivity contribution in [1.29, 1.82) is 0 Å². The molecule has 0 saturated carbocycles. The first kappa shape index (κ1) is 28.2. The van der Waals surface area contributed by atoms with Gasteiger partial charge in [0.25, 0.3) is 10.0 Å². The van der Waals surface area contributed by atoms with Gasteiger partial charge in [-0.05, 0) is 60.4 Å². The summed E-state index contributed by atoms with van der Waals surface area (Å²) < 4.78 is 68.7. The Kier molecular flexibility index (Phi) is 7.96. The Morgan fingerprint density at radius 3 is 2.15 bits per heavy atom. The molecule has 0 bridgehead atoms. The lowest BCUT2D eigenvalue weighted by atomic mass is 9.91. The Bertz CT molecular complexity index is 1640. The minimum atomic E-state index is -4.19. The van der Waals surface area contributed by atoms with Crippen LogP contribution in [0.25, 0.3) is 0 Å². The van der Waals surface area contributed by atoms with Crippen LogP contribution in [0.5, 0.6) is 0 Å². The summed E-state index contributed by atoms with van der Waals surface area (Å²) in [6.07, 6.45) is 0.423. The summed E-state index contributed by atoms with van der Waals surface area (Å²) in [6, 6.07) is 21.2. The van der Waals surface area contributed by atoms with Crippen LogP contribution >= 0.6 is 11.6 Å². The molecule has 2 aliphatic heterocycles. The van der Waals surface area contributed by atoms with Crippen LogP contribution < -0.4 is 5.14 Å². The zero-order valence-electron chi connectivity index (χ0n) is 21.3. The Morgan fingerprint density at radius 2 is 1.55 bits per heavy atom. The molecule has 1 atom stereocenters. The van der Waals surface area contributed by atoms with Crippen LogP contribution in [0.2, 0.25) is 5.02 Å². The summed E-state index contributed by atoms with van der Waals surface area (Å²) >= 11 is 5.95. The second-order valence-corrected chi connectivity index (χ2v) is 13.5. The molecule has 2 heterocycles. The van der Waals surface area contributed by atoms with Gasteiger partial charge in [-0.1, -0.05) is 54.1 Å². The average Bonchev–Trinajstić information content (AvgIpc) is 3.38. The number of halogens is 2. The highest BCUT2D eigenvalue weighted by molar-refractivity contribution is 7.90. The van der Waals surface area contributed by atoms with E-state index in [1.807, 2.05) is 30.3 Å². The zero-order chi connectivity index (χ0) is 28.5. The van der Waals surface area contributed by atoms with Crippen molar-refractivity contribution in [3.8, 4) is 0 Å². The van der Waals surface area contributed by atoms with E-state index in [2.05, 4.69) is 4.40 Å². The maximum Gasteiger partial charge on any atom is 0.285 e. The Balaban J connectivity index is 1.58. The van der Waals surface area contributed by atoms with Crippen molar-refractivity contribution in [2.75, 3.05) is 19.6 Å². The maximum absolute atomic E-state index is 13.7. The third-order valence-corrected chi connectivity index (χ3v) is 9.91. The van der Waals surface area contributed by atoms with E-state index in [1.54, 1.807) is 17.0 Å². The summed E-state index contributed by atoms with van der Waals surface area (Å²) in [7, 11) is -7.93. The van der Waals surface area contributed by atoms with Crippen molar-refractivity contribution in [3.05, 3.63) is 101 Å². The van der Waals surface area contributed by atoms with Gasteiger partial charge >= 0.3 is 0 Å². The lowest BCUT2D eigenvalue weighted by molar-refractivity contribution is 0.291. The number of hydrazone groups is 1. The summed E-state index contributed by atoms with van der Waals surface area (Å²) in [5, 5.41) is 11.4. The first-order valence-corrected chi connectivity index (χ1v) is 16.0. The van der Waals surface area contributed by atoms with Gasteiger partial charge in [-0.3, -0.25) is 0 Å². The molecule has 13 heteroatoms. The SMILES string of the molecule is NS(=O)(=O)C1CCN(C(=NS(=O)(=O)c2ccc(Cl)cc2)N2C[C@H](c3ccccc3)C(c3ccc(F)cc3)=N2)CC1. The number of hydrogen-bond donors (Lipinski definition) is 1. The van der Waals surface area contributed by atoms with Crippen molar-refractivity contribution >= 4 is 43.3 Å². The van der Waals surface area contributed by atoms with Crippen molar-refractivity contribution in [2.24, 2.45) is 14.6 Å². The number of hydrogen-bond acceptors (Lipinski definition) is 5. The summed E-state index contributed by atoms with van der Waals surface area (Å²) in [4.78, 5) is 1.67. The van der Waals surface area contributed by atoms with E-state index in [4.69, 9.17) is 21.8 Å². The van der Waals surface area contributed by atoms with Crippen molar-refractivity contribution in [2.45, 2.75) is 28.9 Å². The lowest BCUT2D eigenvalue weighted by Crippen LogP contribution is -2.49. The highest BCUT2D eigenvalue weighted by Crippen LogP contribution is 2.31. The van der Waals surface area contributed by atoms with Gasteiger partial charge in [0.05, 0.1) is 22.4 Å². The van der Waals surface area contributed by atoms with Crippen LogP contribution in [0, 0.1) is 5.82 Å². The zero-order valence-corrected chi connectivity index (χ0v) is 23.7. The number of benzene rings is 3. The first-order chi connectivity index (χ1) is 19.0. The molecular formula is C27H27ClFN5O4S2. The van der Waals surface area contributed by atoms with Crippen LogP contribution in [0.15, 0.2) is 93.3 Å². The second-order valence-electron chi connectivity index (χ2n) is 9.63. The summed E-state index contributed by atoms with van der Waals surface area (Å²) in [5.41, 5.74) is 2.26. The molecule has 210 valence electrons.